The second-order valence-electron chi connectivity index (χ2n) is 4.84. The molecule has 5 heteroatoms. The highest BCUT2D eigenvalue weighted by Crippen LogP contribution is 2.12. The maximum absolute atomic E-state index is 5.40. The Morgan fingerprint density at radius 1 is 1.32 bits per heavy atom. The van der Waals surface area contributed by atoms with Crippen LogP contribution in [-0.4, -0.2) is 39.1 Å². The molecular weight excluding hydrogens is 256 g/mol. The van der Waals surface area contributed by atoms with E-state index in [9.17, 15) is 0 Å². The first kappa shape index (κ1) is 14.2. The van der Waals surface area contributed by atoms with Crippen LogP contribution in [0.1, 0.15) is 26.0 Å². The van der Waals surface area contributed by atoms with Gasteiger partial charge in [-0.15, -0.1) is 0 Å². The van der Waals surface area contributed by atoms with Gasteiger partial charge in [0.25, 0.3) is 0 Å². The summed E-state index contributed by atoms with van der Waals surface area (Å²) < 4.78 is 2.87. The fourth-order valence-corrected chi connectivity index (χ4v) is 2.61. The van der Waals surface area contributed by atoms with Gasteiger partial charge in [0.2, 0.25) is 0 Å². The van der Waals surface area contributed by atoms with E-state index in [2.05, 4.69) is 33.3 Å². The molecule has 0 aliphatic heterocycles. The van der Waals surface area contributed by atoms with E-state index in [-0.39, 0.29) is 0 Å². The molecule has 2 aromatic heterocycles. The summed E-state index contributed by atoms with van der Waals surface area (Å²) in [7, 11) is 0. The van der Waals surface area contributed by atoms with E-state index >= 15 is 0 Å². The van der Waals surface area contributed by atoms with Gasteiger partial charge in [-0.1, -0.05) is 13.8 Å². The van der Waals surface area contributed by atoms with Crippen molar-refractivity contribution in [3.05, 3.63) is 22.6 Å². The normalized spacial score (nSPS) is 11.6. The Kier molecular flexibility index (Phi) is 4.71. The smallest absolute Gasteiger partial charge is 0.179 e. The van der Waals surface area contributed by atoms with Gasteiger partial charge in [0.15, 0.2) is 10.4 Å². The van der Waals surface area contributed by atoms with Gasteiger partial charge in [-0.05, 0) is 50.8 Å². The summed E-state index contributed by atoms with van der Waals surface area (Å²) in [6.07, 6.45) is 1.19. The lowest BCUT2D eigenvalue weighted by atomic mass is 10.3. The van der Waals surface area contributed by atoms with Crippen LogP contribution >= 0.6 is 12.2 Å². The second-order valence-corrected chi connectivity index (χ2v) is 5.23. The number of nitrogens with one attached hydrogen (secondary N) is 1. The van der Waals surface area contributed by atoms with Crippen LogP contribution < -0.4 is 0 Å². The highest BCUT2D eigenvalue weighted by molar-refractivity contribution is 7.71. The predicted molar refractivity (Wildman–Crippen MR) is 82.1 cm³/mol. The van der Waals surface area contributed by atoms with Gasteiger partial charge in [0, 0.05) is 18.8 Å². The molecule has 104 valence electrons. The van der Waals surface area contributed by atoms with Crippen molar-refractivity contribution in [3.63, 3.8) is 0 Å². The number of rotatable bonds is 6. The van der Waals surface area contributed by atoms with Crippen molar-refractivity contribution in [1.29, 1.82) is 0 Å². The molecule has 2 rings (SSSR count). The lowest BCUT2D eigenvalue weighted by Crippen LogP contribution is -2.28. The Hall–Kier alpha value is -1.20. The number of pyridine rings is 1. The van der Waals surface area contributed by atoms with Crippen LogP contribution in [-0.2, 0) is 6.54 Å². The minimum absolute atomic E-state index is 0.764. The molecule has 2 heterocycles. The van der Waals surface area contributed by atoms with Gasteiger partial charge in [0.05, 0.1) is 5.52 Å². The Bertz CT molecular complexity index is 599. The molecule has 2 aromatic rings. The first-order valence-electron chi connectivity index (χ1n) is 6.94. The quantitative estimate of drug-likeness (QED) is 0.825. The minimum atomic E-state index is 0.764. The topological polar surface area (TPSA) is 36.9 Å². The van der Waals surface area contributed by atoms with Gasteiger partial charge in [-0.2, -0.15) is 0 Å². The van der Waals surface area contributed by atoms with Gasteiger partial charge in [-0.3, -0.25) is 0 Å². The molecule has 0 aliphatic rings. The number of likely N-dealkylation sites (N-methyl/N-ethyl adjacent to an activating group) is 1. The van der Waals surface area contributed by atoms with Crippen LogP contribution in [0.2, 0.25) is 0 Å². The van der Waals surface area contributed by atoms with Gasteiger partial charge >= 0.3 is 0 Å². The zero-order valence-electron chi connectivity index (χ0n) is 11.9. The number of aromatic nitrogens is 3. The molecule has 0 saturated heterocycles. The molecule has 0 aliphatic carbocycles. The third-order valence-electron chi connectivity index (χ3n) is 3.38. The van der Waals surface area contributed by atoms with Crippen LogP contribution in [0.3, 0.4) is 0 Å². The van der Waals surface area contributed by atoms with Crippen molar-refractivity contribution < 1.29 is 0 Å². The molecule has 19 heavy (non-hydrogen) atoms. The van der Waals surface area contributed by atoms with E-state index < -0.39 is 0 Å². The van der Waals surface area contributed by atoms with Crippen molar-refractivity contribution in [2.45, 2.75) is 33.7 Å². The highest BCUT2D eigenvalue weighted by Gasteiger charge is 2.07. The lowest BCUT2D eigenvalue weighted by Gasteiger charge is -2.19. The van der Waals surface area contributed by atoms with E-state index in [0.717, 1.165) is 47.8 Å². The van der Waals surface area contributed by atoms with Crippen LogP contribution in [0.4, 0.5) is 0 Å². The van der Waals surface area contributed by atoms with Crippen molar-refractivity contribution in [2.75, 3.05) is 19.6 Å². The molecule has 0 amide bonds. The molecule has 0 atom stereocenters. The predicted octanol–water partition coefficient (Wildman–Crippen LogP) is 3.13. The fraction of sp³-hybridized carbons (Fsp3) is 0.571. The van der Waals surface area contributed by atoms with E-state index in [1.165, 1.54) is 6.42 Å². The highest BCUT2D eigenvalue weighted by atomic mass is 32.1. The number of hydrogen-bond donors (Lipinski definition) is 1. The van der Waals surface area contributed by atoms with Crippen molar-refractivity contribution in [2.24, 2.45) is 0 Å². The van der Waals surface area contributed by atoms with E-state index in [1.54, 1.807) is 0 Å². The van der Waals surface area contributed by atoms with Crippen LogP contribution in [0.15, 0.2) is 12.1 Å². The van der Waals surface area contributed by atoms with Crippen LogP contribution in [0.25, 0.3) is 11.2 Å². The average Bonchev–Trinajstić information content (AvgIpc) is 2.70. The molecular formula is C14H22N4S. The number of H-pyrrole nitrogens is 1. The monoisotopic (exact) mass is 278 g/mol. The number of fused-ring (bicyclic) bond motifs is 1. The lowest BCUT2D eigenvalue weighted by molar-refractivity contribution is 0.277. The minimum Gasteiger partial charge on any atom is -0.329 e. The number of imidazole rings is 1. The zero-order valence-corrected chi connectivity index (χ0v) is 12.8. The molecule has 0 saturated carbocycles. The third-order valence-corrected chi connectivity index (χ3v) is 3.71. The summed E-state index contributed by atoms with van der Waals surface area (Å²) in [6.45, 7) is 10.5. The van der Waals surface area contributed by atoms with E-state index in [4.69, 9.17) is 12.2 Å². The van der Waals surface area contributed by atoms with Gasteiger partial charge < -0.3 is 14.5 Å². The Morgan fingerprint density at radius 3 is 2.79 bits per heavy atom. The van der Waals surface area contributed by atoms with E-state index in [0.29, 0.717) is 0 Å². The summed E-state index contributed by atoms with van der Waals surface area (Å²) in [5.41, 5.74) is 3.02. The number of hydrogen-bond acceptors (Lipinski definition) is 3. The average molecular weight is 278 g/mol. The molecule has 0 bridgehead atoms. The second kappa shape index (κ2) is 6.30. The first-order chi connectivity index (χ1) is 9.15. The first-order valence-corrected chi connectivity index (χ1v) is 7.35. The maximum atomic E-state index is 5.40. The Balaban J connectivity index is 2.22. The molecule has 0 spiro atoms. The molecule has 0 radical (unpaired) electrons. The number of aryl methyl sites for hydroxylation is 1. The van der Waals surface area contributed by atoms with Crippen molar-refractivity contribution >= 4 is 23.4 Å². The number of nitrogens with zero attached hydrogens (tertiary/aromatic N) is 3. The van der Waals surface area contributed by atoms with Crippen LogP contribution in [0.5, 0.6) is 0 Å². The molecule has 0 aromatic carbocycles. The summed E-state index contributed by atoms with van der Waals surface area (Å²) in [6, 6.07) is 4.06. The summed E-state index contributed by atoms with van der Waals surface area (Å²) in [5.74, 6) is 0. The maximum Gasteiger partial charge on any atom is 0.179 e. The molecule has 0 unspecified atom stereocenters. The van der Waals surface area contributed by atoms with Crippen LogP contribution in [0, 0.1) is 11.7 Å². The molecule has 1 N–H and O–H groups in total. The standard InChI is InChI=1S/C14H22N4S/c1-4-8-17(5-2)9-10-18-13-12(16-14(18)19)7-6-11(3)15-13/h6-7H,4-5,8-10H2,1-3H3,(H,16,19). The van der Waals surface area contributed by atoms with Crippen molar-refractivity contribution in [1.82, 2.24) is 19.4 Å². The Labute approximate surface area is 119 Å². The molecule has 4 nitrogen and oxygen atoms in total. The Morgan fingerprint density at radius 2 is 2.11 bits per heavy atom. The largest absolute Gasteiger partial charge is 0.329 e. The third kappa shape index (κ3) is 3.22. The summed E-state index contributed by atoms with van der Waals surface area (Å²) in [5, 5.41) is 0. The van der Waals surface area contributed by atoms with E-state index in [1.807, 2.05) is 19.1 Å². The number of aromatic amines is 1. The van der Waals surface area contributed by atoms with Crippen molar-refractivity contribution in [3.8, 4) is 0 Å². The molecule has 0 fully saturated rings. The van der Waals surface area contributed by atoms with Gasteiger partial charge in [0.1, 0.15) is 0 Å². The van der Waals surface area contributed by atoms with Gasteiger partial charge in [-0.25, -0.2) is 4.98 Å². The zero-order chi connectivity index (χ0) is 13.8. The summed E-state index contributed by atoms with van der Waals surface area (Å²) >= 11 is 5.40. The SMILES string of the molecule is CCCN(CC)CCn1c(=S)[nH]c2ccc(C)nc21. The summed E-state index contributed by atoms with van der Waals surface area (Å²) in [4.78, 5) is 10.3. The fourth-order valence-electron chi connectivity index (χ4n) is 2.32.